The van der Waals surface area contributed by atoms with E-state index in [1.165, 1.54) is 19.2 Å². The lowest BCUT2D eigenvalue weighted by atomic mass is 10.1. The molecule has 1 saturated heterocycles. The van der Waals surface area contributed by atoms with Gasteiger partial charge in [0.15, 0.2) is 11.6 Å². The molecule has 0 aromatic heterocycles. The second kappa shape index (κ2) is 6.62. The van der Waals surface area contributed by atoms with Gasteiger partial charge in [0.05, 0.1) is 12.5 Å². The maximum absolute atomic E-state index is 13.7. The van der Waals surface area contributed by atoms with Crippen molar-refractivity contribution in [3.63, 3.8) is 0 Å². The fraction of sp³-hybridized carbons (Fsp3) is 0.429. The molecule has 1 heterocycles. The zero-order chi connectivity index (χ0) is 15.4. The Balaban J connectivity index is 2.17. The highest BCUT2D eigenvalue weighted by atomic mass is 19.2. The van der Waals surface area contributed by atoms with Crippen LogP contribution in [0.5, 0.6) is 0 Å². The van der Waals surface area contributed by atoms with Crippen LogP contribution in [0.1, 0.15) is 12.0 Å². The molecular formula is C14H17F2N3O2. The van der Waals surface area contributed by atoms with Crippen LogP contribution in [0.4, 0.5) is 8.78 Å². The van der Waals surface area contributed by atoms with Crippen LogP contribution < -0.4 is 10.6 Å². The summed E-state index contributed by atoms with van der Waals surface area (Å²) in [5, 5.41) is 5.13. The van der Waals surface area contributed by atoms with Crippen LogP contribution in [-0.2, 0) is 16.1 Å². The predicted molar refractivity (Wildman–Crippen MR) is 72.2 cm³/mol. The number of carbonyl (C=O) groups excluding carboxylic acids is 2. The number of rotatable bonds is 4. The molecule has 1 fully saturated rings. The highest BCUT2D eigenvalue weighted by Gasteiger charge is 2.31. The van der Waals surface area contributed by atoms with Gasteiger partial charge in [-0.25, -0.2) is 8.78 Å². The lowest BCUT2D eigenvalue weighted by molar-refractivity contribution is -0.134. The van der Waals surface area contributed by atoms with E-state index in [1.807, 2.05) is 0 Å². The molecule has 0 saturated carbocycles. The Morgan fingerprint density at radius 2 is 2.24 bits per heavy atom. The number of nitrogens with one attached hydrogen (secondary N) is 2. The van der Waals surface area contributed by atoms with Gasteiger partial charge in [-0.1, -0.05) is 12.1 Å². The van der Waals surface area contributed by atoms with Gasteiger partial charge in [-0.3, -0.25) is 14.5 Å². The van der Waals surface area contributed by atoms with Crippen LogP contribution in [-0.4, -0.2) is 42.9 Å². The molecule has 21 heavy (non-hydrogen) atoms. The summed E-state index contributed by atoms with van der Waals surface area (Å²) in [4.78, 5) is 25.1. The first-order valence-corrected chi connectivity index (χ1v) is 6.68. The Hall–Kier alpha value is -2.02. The summed E-state index contributed by atoms with van der Waals surface area (Å²) in [6.07, 6.45) is -0.0146. The predicted octanol–water partition coefficient (Wildman–Crippen LogP) is 0.401. The zero-order valence-electron chi connectivity index (χ0n) is 11.7. The van der Waals surface area contributed by atoms with E-state index in [4.69, 9.17) is 0 Å². The Morgan fingerprint density at radius 3 is 2.95 bits per heavy atom. The summed E-state index contributed by atoms with van der Waals surface area (Å²) in [6, 6.07) is 3.26. The van der Waals surface area contributed by atoms with Gasteiger partial charge in [0.2, 0.25) is 11.8 Å². The molecule has 7 heteroatoms. The monoisotopic (exact) mass is 297 g/mol. The first-order chi connectivity index (χ1) is 10.0. The summed E-state index contributed by atoms with van der Waals surface area (Å²) >= 11 is 0. The Bertz CT molecular complexity index is 551. The Morgan fingerprint density at radius 1 is 1.48 bits per heavy atom. The number of amides is 2. The molecule has 114 valence electrons. The van der Waals surface area contributed by atoms with Crippen molar-refractivity contribution in [1.82, 2.24) is 15.5 Å². The van der Waals surface area contributed by atoms with Gasteiger partial charge in [-0.15, -0.1) is 0 Å². The highest BCUT2D eigenvalue weighted by Crippen LogP contribution is 2.17. The molecule has 2 amide bonds. The molecule has 0 bridgehead atoms. The normalized spacial score (nSPS) is 19.2. The number of piperazine rings is 1. The van der Waals surface area contributed by atoms with Gasteiger partial charge < -0.3 is 10.6 Å². The molecule has 0 spiro atoms. The van der Waals surface area contributed by atoms with Crippen molar-refractivity contribution in [3.8, 4) is 0 Å². The maximum atomic E-state index is 13.7. The maximum Gasteiger partial charge on any atom is 0.237 e. The number of nitrogens with zero attached hydrogens (tertiary/aromatic N) is 1. The van der Waals surface area contributed by atoms with Crippen LogP contribution >= 0.6 is 0 Å². The van der Waals surface area contributed by atoms with Gasteiger partial charge in [0, 0.05) is 32.2 Å². The highest BCUT2D eigenvalue weighted by molar-refractivity contribution is 5.88. The number of hydrogen-bond donors (Lipinski definition) is 2. The first kappa shape index (κ1) is 15.4. The quantitative estimate of drug-likeness (QED) is 0.846. The van der Waals surface area contributed by atoms with Gasteiger partial charge in [-0.05, 0) is 6.07 Å². The summed E-state index contributed by atoms with van der Waals surface area (Å²) in [7, 11) is 1.49. The molecule has 0 radical (unpaired) electrons. The van der Waals surface area contributed by atoms with E-state index in [0.29, 0.717) is 13.1 Å². The van der Waals surface area contributed by atoms with Gasteiger partial charge in [-0.2, -0.15) is 0 Å². The van der Waals surface area contributed by atoms with Crippen molar-refractivity contribution in [1.29, 1.82) is 0 Å². The fourth-order valence-corrected chi connectivity index (χ4v) is 2.34. The third-order valence-corrected chi connectivity index (χ3v) is 3.50. The number of carbonyl (C=O) groups is 2. The molecule has 2 rings (SSSR count). The minimum atomic E-state index is -0.920. The lowest BCUT2D eigenvalue weighted by Gasteiger charge is -2.34. The largest absolute Gasteiger partial charge is 0.359 e. The number of benzene rings is 1. The minimum absolute atomic E-state index is 0.0146. The van der Waals surface area contributed by atoms with Crippen LogP contribution in [0.2, 0.25) is 0 Å². The fourth-order valence-electron chi connectivity index (χ4n) is 2.34. The molecule has 1 aromatic carbocycles. The van der Waals surface area contributed by atoms with Crippen LogP contribution in [0.15, 0.2) is 18.2 Å². The smallest absolute Gasteiger partial charge is 0.237 e. The average Bonchev–Trinajstić information content (AvgIpc) is 2.47. The number of hydrogen-bond acceptors (Lipinski definition) is 3. The first-order valence-electron chi connectivity index (χ1n) is 6.68. The molecule has 2 N–H and O–H groups in total. The molecule has 0 aliphatic carbocycles. The van der Waals surface area contributed by atoms with Gasteiger partial charge in [0.25, 0.3) is 0 Å². The zero-order valence-corrected chi connectivity index (χ0v) is 11.7. The Kier molecular flexibility index (Phi) is 4.85. The molecule has 1 aliphatic rings. The van der Waals surface area contributed by atoms with Crippen molar-refractivity contribution < 1.29 is 18.4 Å². The third-order valence-electron chi connectivity index (χ3n) is 3.50. The average molecular weight is 297 g/mol. The van der Waals surface area contributed by atoms with Gasteiger partial charge in [0.1, 0.15) is 0 Å². The summed E-state index contributed by atoms with van der Waals surface area (Å²) in [5.41, 5.74) is 0.173. The standard InChI is InChI=1S/C14H17F2N3O2/c1-17-12(20)7-11-14(21)18-5-6-19(11)8-9-3-2-4-10(15)13(9)16/h2-4,11H,5-8H2,1H3,(H,17,20)(H,18,21). The topological polar surface area (TPSA) is 61.4 Å². The van der Waals surface area contributed by atoms with Gasteiger partial charge >= 0.3 is 0 Å². The number of halogens is 2. The van der Waals surface area contributed by atoms with Crippen LogP contribution in [0.3, 0.4) is 0 Å². The summed E-state index contributed by atoms with van der Waals surface area (Å²) in [5.74, 6) is -2.39. The van der Waals surface area contributed by atoms with E-state index in [1.54, 1.807) is 4.90 Å². The van der Waals surface area contributed by atoms with Crippen LogP contribution in [0, 0.1) is 11.6 Å². The molecule has 1 unspecified atom stereocenters. The van der Waals surface area contributed by atoms with E-state index in [9.17, 15) is 18.4 Å². The van der Waals surface area contributed by atoms with Crippen molar-refractivity contribution in [2.75, 3.05) is 20.1 Å². The minimum Gasteiger partial charge on any atom is -0.359 e. The van der Waals surface area contributed by atoms with Crippen LogP contribution in [0.25, 0.3) is 0 Å². The lowest BCUT2D eigenvalue weighted by Crippen LogP contribution is -2.56. The molecule has 1 atom stereocenters. The van der Waals surface area contributed by atoms with Crippen molar-refractivity contribution in [2.45, 2.75) is 19.0 Å². The van der Waals surface area contributed by atoms with E-state index < -0.39 is 17.7 Å². The second-order valence-electron chi connectivity index (χ2n) is 4.87. The molecular weight excluding hydrogens is 280 g/mol. The second-order valence-corrected chi connectivity index (χ2v) is 4.87. The Labute approximate surface area is 121 Å². The molecule has 1 aliphatic heterocycles. The van der Waals surface area contributed by atoms with Crippen molar-refractivity contribution in [2.24, 2.45) is 0 Å². The van der Waals surface area contributed by atoms with E-state index in [2.05, 4.69) is 10.6 Å². The van der Waals surface area contributed by atoms with E-state index in [0.717, 1.165) is 6.07 Å². The van der Waals surface area contributed by atoms with Crippen molar-refractivity contribution >= 4 is 11.8 Å². The van der Waals surface area contributed by atoms with E-state index in [-0.39, 0.29) is 30.3 Å². The summed E-state index contributed by atoms with van der Waals surface area (Å²) < 4.78 is 27.0. The van der Waals surface area contributed by atoms with Crippen molar-refractivity contribution in [3.05, 3.63) is 35.4 Å². The summed E-state index contributed by atoms with van der Waals surface area (Å²) in [6.45, 7) is 0.974. The third kappa shape index (κ3) is 3.55. The molecule has 5 nitrogen and oxygen atoms in total. The van der Waals surface area contributed by atoms with E-state index >= 15 is 0 Å². The molecule has 1 aromatic rings. The SMILES string of the molecule is CNC(=O)CC1C(=O)NCCN1Cc1cccc(F)c1F.